The van der Waals surface area contributed by atoms with E-state index in [0.29, 0.717) is 18.8 Å². The molecule has 1 aromatic heterocycles. The summed E-state index contributed by atoms with van der Waals surface area (Å²) in [7, 11) is 7.35. The maximum absolute atomic E-state index is 13.2. The number of hydrogen-bond acceptors (Lipinski definition) is 5. The molecule has 3 amide bonds. The number of carbonyl (C=O) groups excluding carboxylic acids is 2. The van der Waals surface area contributed by atoms with Crippen LogP contribution in [0.25, 0.3) is 0 Å². The van der Waals surface area contributed by atoms with Crippen molar-refractivity contribution in [1.29, 1.82) is 0 Å². The molecule has 1 aliphatic heterocycles. The third kappa shape index (κ3) is 5.52. The van der Waals surface area contributed by atoms with Crippen LogP contribution in [0.3, 0.4) is 0 Å². The molecule has 2 heterocycles. The topological polar surface area (TPSA) is 65.1 Å². The Bertz CT molecular complexity index is 861. The molecule has 1 aliphatic rings. The predicted molar refractivity (Wildman–Crippen MR) is 122 cm³/mol. The lowest BCUT2D eigenvalue weighted by molar-refractivity contribution is 0.0511. The minimum Gasteiger partial charge on any atom is -0.377 e. The minimum absolute atomic E-state index is 0.00735. The Morgan fingerprint density at radius 1 is 1.20 bits per heavy atom. The van der Waals surface area contributed by atoms with Crippen LogP contribution in [0.1, 0.15) is 28.1 Å². The summed E-state index contributed by atoms with van der Waals surface area (Å²) in [4.78, 5) is 31.4. The predicted octanol–water partition coefficient (Wildman–Crippen LogP) is 3.73. The summed E-state index contributed by atoms with van der Waals surface area (Å²) in [6.07, 6.45) is 2.06. The van der Waals surface area contributed by atoms with Crippen molar-refractivity contribution in [2.24, 2.45) is 0 Å². The summed E-state index contributed by atoms with van der Waals surface area (Å²) in [6, 6.07) is 9.36. The van der Waals surface area contributed by atoms with Gasteiger partial charge in [-0.2, -0.15) is 0 Å². The molecule has 0 radical (unpaired) electrons. The van der Waals surface area contributed by atoms with E-state index in [-0.39, 0.29) is 18.0 Å². The molecule has 7 nitrogen and oxygen atoms in total. The maximum Gasteiger partial charge on any atom is 0.321 e. The summed E-state index contributed by atoms with van der Waals surface area (Å²) in [5.74, 6) is 0.00735. The van der Waals surface area contributed by atoms with Gasteiger partial charge in [-0.3, -0.25) is 4.79 Å². The molecule has 1 fully saturated rings. The molecule has 0 bridgehead atoms. The molecular weight excluding hydrogens is 400 g/mol. The Balaban J connectivity index is 1.88. The molecule has 8 heteroatoms. The molecular formula is C22H30N4O3S. The van der Waals surface area contributed by atoms with Crippen molar-refractivity contribution in [3.8, 4) is 0 Å². The zero-order valence-corrected chi connectivity index (χ0v) is 18.9. The highest BCUT2D eigenvalue weighted by molar-refractivity contribution is 7.12. The standard InChI is InChI=1S/C22H30N4O3S/c1-24(2)19-10-9-17(23-22(28)25(3)4)13-16(19)14-26(15-18-7-5-11-29-18)21(27)20-8-6-12-30-20/h6,8-10,12-13,18H,5,7,11,14-15H2,1-4H3,(H,23,28)/t18-/m0/s1. The van der Waals surface area contributed by atoms with Crippen molar-refractivity contribution < 1.29 is 14.3 Å². The number of urea groups is 1. The molecule has 1 saturated heterocycles. The third-order valence-corrected chi connectivity index (χ3v) is 5.90. The van der Waals surface area contributed by atoms with Gasteiger partial charge in [0.1, 0.15) is 0 Å². The third-order valence-electron chi connectivity index (χ3n) is 5.05. The minimum atomic E-state index is -0.190. The van der Waals surface area contributed by atoms with E-state index in [0.717, 1.165) is 35.6 Å². The van der Waals surface area contributed by atoms with Gasteiger partial charge in [0.05, 0.1) is 11.0 Å². The van der Waals surface area contributed by atoms with Gasteiger partial charge in [0.15, 0.2) is 0 Å². The number of nitrogens with zero attached hydrogens (tertiary/aromatic N) is 3. The number of hydrogen-bond donors (Lipinski definition) is 1. The summed E-state index contributed by atoms with van der Waals surface area (Å²) < 4.78 is 5.81. The fourth-order valence-electron chi connectivity index (χ4n) is 3.48. The largest absolute Gasteiger partial charge is 0.377 e. The van der Waals surface area contributed by atoms with E-state index in [1.807, 2.05) is 59.6 Å². The second-order valence-corrected chi connectivity index (χ2v) is 8.81. The van der Waals surface area contributed by atoms with Crippen LogP contribution in [0.2, 0.25) is 0 Å². The smallest absolute Gasteiger partial charge is 0.321 e. The second-order valence-electron chi connectivity index (χ2n) is 7.86. The number of benzene rings is 1. The summed E-state index contributed by atoms with van der Waals surface area (Å²) in [6.45, 7) is 1.74. The molecule has 30 heavy (non-hydrogen) atoms. The monoisotopic (exact) mass is 430 g/mol. The quantitative estimate of drug-likeness (QED) is 0.727. The zero-order valence-electron chi connectivity index (χ0n) is 18.1. The van der Waals surface area contributed by atoms with Gasteiger partial charge in [0, 0.05) is 59.3 Å². The van der Waals surface area contributed by atoms with Crippen LogP contribution in [-0.2, 0) is 11.3 Å². The van der Waals surface area contributed by atoms with Crippen molar-refractivity contribution in [2.75, 3.05) is 51.6 Å². The highest BCUT2D eigenvalue weighted by Crippen LogP contribution is 2.27. The average molecular weight is 431 g/mol. The Morgan fingerprint density at radius 3 is 2.60 bits per heavy atom. The lowest BCUT2D eigenvalue weighted by Gasteiger charge is -2.28. The van der Waals surface area contributed by atoms with Gasteiger partial charge in [-0.1, -0.05) is 6.07 Å². The number of amides is 3. The maximum atomic E-state index is 13.2. The number of rotatable bonds is 7. The molecule has 0 aliphatic carbocycles. The number of thiophene rings is 1. The van der Waals surface area contributed by atoms with Crippen LogP contribution < -0.4 is 10.2 Å². The van der Waals surface area contributed by atoms with Crippen LogP contribution in [-0.4, -0.2) is 69.2 Å². The van der Waals surface area contributed by atoms with Crippen LogP contribution in [0.5, 0.6) is 0 Å². The van der Waals surface area contributed by atoms with Crippen LogP contribution in [0, 0.1) is 0 Å². The van der Waals surface area contributed by atoms with Gasteiger partial charge in [-0.15, -0.1) is 11.3 Å². The normalized spacial score (nSPS) is 15.7. The Kier molecular flexibility index (Phi) is 7.33. The van der Waals surface area contributed by atoms with Gasteiger partial charge in [-0.25, -0.2) is 4.79 Å². The molecule has 1 atom stereocenters. The Hall–Kier alpha value is -2.58. The summed E-state index contributed by atoms with van der Waals surface area (Å²) in [5.41, 5.74) is 2.68. The lowest BCUT2D eigenvalue weighted by Crippen LogP contribution is -2.37. The fourth-order valence-corrected chi connectivity index (χ4v) is 4.17. The molecule has 1 aromatic carbocycles. The second kappa shape index (κ2) is 9.95. The number of anilines is 2. The van der Waals surface area contributed by atoms with E-state index < -0.39 is 0 Å². The van der Waals surface area contributed by atoms with Crippen molar-refractivity contribution in [3.63, 3.8) is 0 Å². The average Bonchev–Trinajstić information content (AvgIpc) is 3.41. The van der Waals surface area contributed by atoms with Gasteiger partial charge in [0.25, 0.3) is 5.91 Å². The molecule has 3 rings (SSSR count). The highest BCUT2D eigenvalue weighted by Gasteiger charge is 2.25. The molecule has 2 aromatic rings. The van der Waals surface area contributed by atoms with Crippen molar-refractivity contribution >= 4 is 34.6 Å². The van der Waals surface area contributed by atoms with Crippen LogP contribution in [0.15, 0.2) is 35.7 Å². The van der Waals surface area contributed by atoms with Crippen molar-refractivity contribution in [2.45, 2.75) is 25.5 Å². The van der Waals surface area contributed by atoms with E-state index in [1.165, 1.54) is 16.2 Å². The van der Waals surface area contributed by atoms with Gasteiger partial charge < -0.3 is 24.8 Å². The highest BCUT2D eigenvalue weighted by atomic mass is 32.1. The molecule has 162 valence electrons. The molecule has 0 spiro atoms. The molecule has 0 saturated carbocycles. The van der Waals surface area contributed by atoms with E-state index in [4.69, 9.17) is 4.74 Å². The fraction of sp³-hybridized carbons (Fsp3) is 0.455. The van der Waals surface area contributed by atoms with Crippen molar-refractivity contribution in [3.05, 3.63) is 46.2 Å². The van der Waals surface area contributed by atoms with Gasteiger partial charge >= 0.3 is 6.03 Å². The van der Waals surface area contributed by atoms with Gasteiger partial charge in [-0.05, 0) is 48.1 Å². The number of nitrogens with one attached hydrogen (secondary N) is 1. The number of ether oxygens (including phenoxy) is 1. The SMILES string of the molecule is CN(C)C(=O)Nc1ccc(N(C)C)c(CN(C[C@@H]2CCCO2)C(=O)c2cccs2)c1. The van der Waals surface area contributed by atoms with E-state index in [9.17, 15) is 9.59 Å². The summed E-state index contributed by atoms with van der Waals surface area (Å²) >= 11 is 1.45. The molecule has 0 unspecified atom stereocenters. The van der Waals surface area contributed by atoms with E-state index in [2.05, 4.69) is 5.32 Å². The first-order valence-corrected chi connectivity index (χ1v) is 11.0. The van der Waals surface area contributed by atoms with Crippen LogP contribution >= 0.6 is 11.3 Å². The first-order valence-electron chi connectivity index (χ1n) is 10.1. The van der Waals surface area contributed by atoms with Crippen molar-refractivity contribution in [1.82, 2.24) is 9.80 Å². The Labute approximate surface area is 182 Å². The lowest BCUT2D eigenvalue weighted by atomic mass is 10.1. The van der Waals surface area contributed by atoms with Gasteiger partial charge in [0.2, 0.25) is 0 Å². The van der Waals surface area contributed by atoms with E-state index in [1.54, 1.807) is 14.1 Å². The summed E-state index contributed by atoms with van der Waals surface area (Å²) in [5, 5.41) is 4.81. The first kappa shape index (κ1) is 22.1. The Morgan fingerprint density at radius 2 is 2.00 bits per heavy atom. The van der Waals surface area contributed by atoms with E-state index >= 15 is 0 Å². The van der Waals surface area contributed by atoms with Crippen LogP contribution in [0.4, 0.5) is 16.2 Å². The number of carbonyl (C=O) groups is 2. The molecule has 1 N–H and O–H groups in total. The first-order chi connectivity index (χ1) is 14.3. The zero-order chi connectivity index (χ0) is 21.7.